The summed E-state index contributed by atoms with van der Waals surface area (Å²) in [5.41, 5.74) is 2.06. The Morgan fingerprint density at radius 1 is 0.559 bits per heavy atom. The van der Waals surface area contributed by atoms with E-state index in [1.165, 1.54) is 129 Å². The van der Waals surface area contributed by atoms with Crippen molar-refractivity contribution in [1.29, 1.82) is 0 Å². The molecule has 0 aromatic carbocycles. The second-order valence-corrected chi connectivity index (χ2v) is 25.4. The number of ketones is 1. The van der Waals surface area contributed by atoms with Gasteiger partial charge in [0.05, 0.1) is 0 Å². The first-order valence-electron chi connectivity index (χ1n) is 25.4. The Labute approximate surface area is 379 Å². The van der Waals surface area contributed by atoms with Gasteiger partial charge in [-0.2, -0.15) is 0 Å². The first-order valence-corrected chi connectivity index (χ1v) is 25.4. The van der Waals surface area contributed by atoms with Crippen molar-refractivity contribution in [1.82, 2.24) is 4.90 Å². The van der Waals surface area contributed by atoms with E-state index in [4.69, 9.17) is 0 Å². The normalized spacial score (nSPS) is 18.8. The molecule has 59 heavy (non-hydrogen) atoms. The summed E-state index contributed by atoms with van der Waals surface area (Å²) in [4.78, 5) is 13.1. The number of hydrogen-bond donors (Lipinski definition) is 0. The Balaban J connectivity index is -0.000000218. The maximum absolute atomic E-state index is 10.5. The van der Waals surface area contributed by atoms with E-state index in [-0.39, 0.29) is 18.6 Å². The van der Waals surface area contributed by atoms with Crippen LogP contribution in [0.4, 0.5) is 0 Å². The van der Waals surface area contributed by atoms with Crippen molar-refractivity contribution in [2.45, 2.75) is 314 Å². The average Bonchev–Trinajstić information content (AvgIpc) is 3.57. The van der Waals surface area contributed by atoms with E-state index in [2.05, 4.69) is 150 Å². The highest BCUT2D eigenvalue weighted by molar-refractivity contribution is 5.80. The lowest BCUT2D eigenvalue weighted by Crippen LogP contribution is -2.49. The summed E-state index contributed by atoms with van der Waals surface area (Å²) < 4.78 is 0. The smallest absolute Gasteiger partial charge is 0.135 e. The standard InChI is InChI=1S/C21H44.C12H25N.C8H16.C6H12O.C6H14.C3H8.CH4/c1-8-9-10-11-12-13-14-15-16-17-18-19(20(2,3)4)21(5,6)7;1-11(2,3)10-8-7-9-13(10)12(4,5)6;1-7-3-5-8(2)6-4-7;1-5(7)6(2,3)4;1-5-6(2,3)4;1-3-2;/h19H,8-18H2,1-7H3;10H,7-9H2,1-6H3;7-8H,3-6H2,1-2H3;1-4H3;5H2,1-4H3;3H2,1-2H3;1H4. The van der Waals surface area contributed by atoms with Gasteiger partial charge in [-0.05, 0) is 92.9 Å². The number of carbonyl (C=O) groups excluding carboxylic acids is 1. The van der Waals surface area contributed by atoms with Crippen molar-refractivity contribution in [3.63, 3.8) is 0 Å². The van der Waals surface area contributed by atoms with Gasteiger partial charge in [0.25, 0.3) is 0 Å². The molecule has 1 unspecified atom stereocenters. The summed E-state index contributed by atoms with van der Waals surface area (Å²) in [5, 5.41) is 0. The van der Waals surface area contributed by atoms with Crippen molar-refractivity contribution in [3.8, 4) is 0 Å². The molecule has 2 aliphatic rings. The maximum atomic E-state index is 10.5. The average molecular weight is 839 g/mol. The number of Topliss-reactive ketones (excluding diaryl/α,β-unsaturated/α-hetero) is 1. The van der Waals surface area contributed by atoms with E-state index >= 15 is 0 Å². The lowest BCUT2D eigenvalue weighted by atomic mass is 9.65. The van der Waals surface area contributed by atoms with Crippen LogP contribution in [0.1, 0.15) is 303 Å². The minimum Gasteiger partial charge on any atom is -0.299 e. The molecule has 1 heterocycles. The molecule has 2 fully saturated rings. The third kappa shape index (κ3) is 42.7. The Morgan fingerprint density at radius 2 is 0.864 bits per heavy atom. The first kappa shape index (κ1) is 67.7. The van der Waals surface area contributed by atoms with Gasteiger partial charge in [-0.15, -0.1) is 0 Å². The van der Waals surface area contributed by atoms with Crippen molar-refractivity contribution >= 4 is 5.78 Å². The molecule has 2 heteroatoms. The van der Waals surface area contributed by atoms with Crippen LogP contribution in [-0.2, 0) is 4.79 Å². The number of hydrogen-bond acceptors (Lipinski definition) is 2. The van der Waals surface area contributed by atoms with E-state index in [1.54, 1.807) is 6.92 Å². The largest absolute Gasteiger partial charge is 0.299 e. The van der Waals surface area contributed by atoms with Gasteiger partial charge < -0.3 is 0 Å². The van der Waals surface area contributed by atoms with Gasteiger partial charge in [0.2, 0.25) is 0 Å². The lowest BCUT2D eigenvalue weighted by molar-refractivity contribution is -0.124. The van der Waals surface area contributed by atoms with Crippen molar-refractivity contribution < 1.29 is 4.79 Å². The third-order valence-electron chi connectivity index (χ3n) is 12.5. The Hall–Kier alpha value is -0.370. The molecule has 0 bridgehead atoms. The van der Waals surface area contributed by atoms with Crippen LogP contribution in [0, 0.1) is 44.8 Å². The van der Waals surface area contributed by atoms with Crippen LogP contribution in [0.25, 0.3) is 0 Å². The maximum Gasteiger partial charge on any atom is 0.135 e. The van der Waals surface area contributed by atoms with Gasteiger partial charge in [-0.25, -0.2) is 0 Å². The monoisotopic (exact) mass is 838 g/mol. The van der Waals surface area contributed by atoms with Gasteiger partial charge in [-0.3, -0.25) is 9.69 Å². The van der Waals surface area contributed by atoms with Crippen LogP contribution in [0.3, 0.4) is 0 Å². The number of nitrogens with zero attached hydrogens (tertiary/aromatic N) is 1. The molecule has 0 radical (unpaired) electrons. The van der Waals surface area contributed by atoms with Gasteiger partial charge in [-0.1, -0.05) is 256 Å². The fourth-order valence-electron chi connectivity index (χ4n) is 7.90. The highest BCUT2D eigenvalue weighted by Crippen LogP contribution is 2.43. The van der Waals surface area contributed by atoms with E-state index in [1.807, 2.05) is 20.8 Å². The van der Waals surface area contributed by atoms with Gasteiger partial charge in [0.15, 0.2) is 0 Å². The molecule has 0 N–H and O–H groups in total. The van der Waals surface area contributed by atoms with E-state index in [0.717, 1.165) is 23.8 Å². The molecule has 0 spiro atoms. The molecule has 1 aliphatic heterocycles. The summed E-state index contributed by atoms with van der Waals surface area (Å²) >= 11 is 0. The predicted octanol–water partition coefficient (Wildman–Crippen LogP) is 20.3. The van der Waals surface area contributed by atoms with Crippen LogP contribution in [-0.4, -0.2) is 28.8 Å². The quantitative estimate of drug-likeness (QED) is 0.193. The Bertz CT molecular complexity index is 867. The third-order valence-corrected chi connectivity index (χ3v) is 12.5. The molecule has 0 aromatic heterocycles. The summed E-state index contributed by atoms with van der Waals surface area (Å²) in [7, 11) is 0. The fraction of sp³-hybridized carbons (Fsp3) is 0.982. The minimum absolute atomic E-state index is 0. The van der Waals surface area contributed by atoms with Crippen molar-refractivity contribution in [3.05, 3.63) is 0 Å². The Morgan fingerprint density at radius 3 is 1.08 bits per heavy atom. The molecule has 0 amide bonds. The topological polar surface area (TPSA) is 20.3 Å². The number of unbranched alkanes of at least 4 members (excludes halogenated alkanes) is 9. The first-order chi connectivity index (χ1) is 26.1. The molecule has 1 atom stereocenters. The molecule has 362 valence electrons. The molecule has 0 aromatic rings. The highest BCUT2D eigenvalue weighted by atomic mass is 16.1. The number of likely N-dealkylation sites (tertiary alicyclic amines) is 1. The van der Waals surface area contributed by atoms with Crippen LogP contribution in [0.15, 0.2) is 0 Å². The SMILES string of the molecule is C.CC(=O)C(C)(C)C.CC(C)(C)C1CCCN1C(C)(C)C.CC1CCC(C)CC1.CCC.CCC(C)(C)C.CCCCCCCCCCCCC(C(C)(C)C)C(C)(C)C. The second kappa shape index (κ2) is 34.1. The Kier molecular flexibility index (Phi) is 39.1. The van der Waals surface area contributed by atoms with Crippen LogP contribution in [0.5, 0.6) is 0 Å². The molecule has 2 nitrogen and oxygen atoms in total. The van der Waals surface area contributed by atoms with Gasteiger partial charge >= 0.3 is 0 Å². The highest BCUT2D eigenvalue weighted by Gasteiger charge is 2.39. The molecule has 2 rings (SSSR count). The van der Waals surface area contributed by atoms with Crippen LogP contribution >= 0.6 is 0 Å². The zero-order valence-electron chi connectivity index (χ0n) is 45.8. The summed E-state index contributed by atoms with van der Waals surface area (Å²) in [6.45, 7) is 57.4. The van der Waals surface area contributed by atoms with Crippen LogP contribution in [0.2, 0.25) is 0 Å². The summed E-state index contributed by atoms with van der Waals surface area (Å²) in [6, 6.07) is 0.771. The molecular weight excluding hydrogens is 715 g/mol. The van der Waals surface area contributed by atoms with Crippen LogP contribution < -0.4 is 0 Å². The number of rotatable bonds is 11. The predicted molar refractivity (Wildman–Crippen MR) is 277 cm³/mol. The van der Waals surface area contributed by atoms with E-state index in [0.29, 0.717) is 27.2 Å². The summed E-state index contributed by atoms with van der Waals surface area (Å²) in [5.74, 6) is 3.11. The zero-order chi connectivity index (χ0) is 46.6. The molecule has 1 saturated heterocycles. The van der Waals surface area contributed by atoms with Crippen molar-refractivity contribution in [2.24, 2.45) is 44.8 Å². The fourth-order valence-corrected chi connectivity index (χ4v) is 7.90. The summed E-state index contributed by atoms with van der Waals surface area (Å²) in [6.07, 6.45) is 27.0. The number of carbonyl (C=O) groups is 1. The van der Waals surface area contributed by atoms with Gasteiger partial charge in [0.1, 0.15) is 5.78 Å². The second-order valence-electron chi connectivity index (χ2n) is 25.4. The van der Waals surface area contributed by atoms with Gasteiger partial charge in [0, 0.05) is 17.0 Å². The molecule has 1 saturated carbocycles. The zero-order valence-corrected chi connectivity index (χ0v) is 45.8. The minimum atomic E-state index is -0.139. The molecular formula is C57H123NO. The molecule has 1 aliphatic carbocycles. The van der Waals surface area contributed by atoms with E-state index in [9.17, 15) is 4.79 Å². The lowest BCUT2D eigenvalue weighted by Gasteiger charge is -2.43. The van der Waals surface area contributed by atoms with E-state index < -0.39 is 0 Å². The van der Waals surface area contributed by atoms with Crippen molar-refractivity contribution in [2.75, 3.05) is 6.54 Å².